The Bertz CT molecular complexity index is 319. The van der Waals surface area contributed by atoms with E-state index in [0.717, 1.165) is 12.8 Å². The maximum absolute atomic E-state index is 11.7. The van der Waals surface area contributed by atoms with Crippen LogP contribution in [0.3, 0.4) is 0 Å². The maximum atomic E-state index is 11.7. The second-order valence-corrected chi connectivity index (χ2v) is 4.23. The fraction of sp³-hybridized carbons (Fsp3) is 0.750. The Labute approximate surface area is 112 Å². The summed E-state index contributed by atoms with van der Waals surface area (Å²) in [6.45, 7) is 2.13. The Hall–Kier alpha value is -1.79. The number of amides is 2. The van der Waals surface area contributed by atoms with E-state index in [1.165, 1.54) is 19.1 Å². The number of nitrogens with one attached hydrogen (secondary N) is 1. The number of carbonyl (C=O) groups is 3. The standard InChI is InChI=1S/C12H22N2O5/c1-4-5-6-9(11(16)17)13-12(18)14(2)8-7-10(15)19-3/h9H,4-8H2,1-3H3,(H,13,18)(H,16,17). The number of hydrogen-bond acceptors (Lipinski definition) is 4. The predicted octanol–water partition coefficient (Wildman–Crippen LogP) is 0.834. The van der Waals surface area contributed by atoms with Crippen molar-refractivity contribution in [2.24, 2.45) is 0 Å². The monoisotopic (exact) mass is 274 g/mol. The number of hydrogen-bond donors (Lipinski definition) is 2. The molecule has 0 bridgehead atoms. The van der Waals surface area contributed by atoms with E-state index in [4.69, 9.17) is 5.11 Å². The van der Waals surface area contributed by atoms with Crippen molar-refractivity contribution in [2.45, 2.75) is 38.6 Å². The van der Waals surface area contributed by atoms with Crippen LogP contribution in [0.5, 0.6) is 0 Å². The fourth-order valence-electron chi connectivity index (χ4n) is 1.39. The van der Waals surface area contributed by atoms with Gasteiger partial charge in [-0.15, -0.1) is 0 Å². The van der Waals surface area contributed by atoms with E-state index >= 15 is 0 Å². The van der Waals surface area contributed by atoms with E-state index in [0.29, 0.717) is 6.42 Å². The third kappa shape index (κ3) is 7.28. The summed E-state index contributed by atoms with van der Waals surface area (Å²) >= 11 is 0. The minimum Gasteiger partial charge on any atom is -0.480 e. The minimum atomic E-state index is -1.05. The number of urea groups is 1. The van der Waals surface area contributed by atoms with Crippen LogP contribution in [0.15, 0.2) is 0 Å². The van der Waals surface area contributed by atoms with Gasteiger partial charge in [0.25, 0.3) is 0 Å². The summed E-state index contributed by atoms with van der Waals surface area (Å²) in [5, 5.41) is 11.4. The molecule has 0 aromatic rings. The van der Waals surface area contributed by atoms with E-state index < -0.39 is 24.0 Å². The third-order valence-corrected chi connectivity index (χ3v) is 2.67. The highest BCUT2D eigenvalue weighted by atomic mass is 16.5. The van der Waals surface area contributed by atoms with Gasteiger partial charge in [-0.25, -0.2) is 9.59 Å². The van der Waals surface area contributed by atoms with Crippen LogP contribution in [0.25, 0.3) is 0 Å². The van der Waals surface area contributed by atoms with E-state index in [9.17, 15) is 14.4 Å². The number of nitrogens with zero attached hydrogens (tertiary/aromatic N) is 1. The number of carbonyl (C=O) groups excluding carboxylic acids is 2. The molecule has 7 nitrogen and oxygen atoms in total. The van der Waals surface area contributed by atoms with Gasteiger partial charge in [0.05, 0.1) is 13.5 Å². The molecule has 0 spiro atoms. The van der Waals surface area contributed by atoms with E-state index in [2.05, 4.69) is 10.1 Å². The molecular weight excluding hydrogens is 252 g/mol. The Morgan fingerprint density at radius 1 is 1.37 bits per heavy atom. The van der Waals surface area contributed by atoms with Crippen molar-refractivity contribution >= 4 is 18.0 Å². The highest BCUT2D eigenvalue weighted by Crippen LogP contribution is 2.02. The van der Waals surface area contributed by atoms with Crippen LogP contribution >= 0.6 is 0 Å². The molecule has 1 atom stereocenters. The zero-order valence-electron chi connectivity index (χ0n) is 11.6. The first-order chi connectivity index (χ1) is 8.92. The summed E-state index contributed by atoms with van der Waals surface area (Å²) in [6.07, 6.45) is 2.05. The molecule has 0 aliphatic heterocycles. The second kappa shape index (κ2) is 9.18. The molecule has 0 fully saturated rings. The lowest BCUT2D eigenvalue weighted by atomic mass is 10.1. The van der Waals surface area contributed by atoms with Crippen molar-refractivity contribution < 1.29 is 24.2 Å². The minimum absolute atomic E-state index is 0.0765. The molecule has 0 aromatic heterocycles. The molecule has 19 heavy (non-hydrogen) atoms. The third-order valence-electron chi connectivity index (χ3n) is 2.67. The van der Waals surface area contributed by atoms with Crippen LogP contribution in [0.4, 0.5) is 4.79 Å². The Balaban J connectivity index is 4.23. The maximum Gasteiger partial charge on any atom is 0.326 e. The largest absolute Gasteiger partial charge is 0.480 e. The van der Waals surface area contributed by atoms with Gasteiger partial charge in [0.1, 0.15) is 6.04 Å². The van der Waals surface area contributed by atoms with Gasteiger partial charge in [-0.1, -0.05) is 19.8 Å². The molecular formula is C12H22N2O5. The number of methoxy groups -OCH3 is 1. The van der Waals surface area contributed by atoms with Crippen LogP contribution in [-0.2, 0) is 14.3 Å². The van der Waals surface area contributed by atoms with Crippen LogP contribution in [0, 0.1) is 0 Å². The van der Waals surface area contributed by atoms with Gasteiger partial charge < -0.3 is 20.1 Å². The molecule has 0 aliphatic rings. The van der Waals surface area contributed by atoms with Gasteiger partial charge in [0, 0.05) is 13.6 Å². The molecule has 0 saturated carbocycles. The topological polar surface area (TPSA) is 95.9 Å². The number of carboxylic acids is 1. The van der Waals surface area contributed by atoms with Crippen molar-refractivity contribution in [3.8, 4) is 0 Å². The smallest absolute Gasteiger partial charge is 0.326 e. The molecule has 0 aliphatic carbocycles. The summed E-state index contributed by atoms with van der Waals surface area (Å²) in [4.78, 5) is 34.9. The Morgan fingerprint density at radius 2 is 2.00 bits per heavy atom. The molecule has 0 aromatic carbocycles. The quantitative estimate of drug-likeness (QED) is 0.639. The van der Waals surface area contributed by atoms with Crippen LogP contribution in [0.1, 0.15) is 32.6 Å². The van der Waals surface area contributed by atoms with Gasteiger partial charge in [-0.3, -0.25) is 4.79 Å². The summed E-state index contributed by atoms with van der Waals surface area (Å²) in [5.41, 5.74) is 0. The van der Waals surface area contributed by atoms with Crippen molar-refractivity contribution in [3.63, 3.8) is 0 Å². The molecule has 7 heteroatoms. The molecule has 110 valence electrons. The second-order valence-electron chi connectivity index (χ2n) is 4.23. The highest BCUT2D eigenvalue weighted by molar-refractivity contribution is 5.82. The highest BCUT2D eigenvalue weighted by Gasteiger charge is 2.21. The number of carboxylic acid groups (broad SMARTS) is 1. The lowest BCUT2D eigenvalue weighted by Crippen LogP contribution is -2.47. The zero-order chi connectivity index (χ0) is 14.8. The lowest BCUT2D eigenvalue weighted by Gasteiger charge is -2.21. The van der Waals surface area contributed by atoms with Crippen molar-refractivity contribution in [3.05, 3.63) is 0 Å². The summed E-state index contributed by atoms with van der Waals surface area (Å²) in [5.74, 6) is -1.47. The van der Waals surface area contributed by atoms with Gasteiger partial charge >= 0.3 is 18.0 Å². The SMILES string of the molecule is CCCCC(NC(=O)N(C)CCC(=O)OC)C(=O)O. The summed E-state index contributed by atoms with van der Waals surface area (Å²) in [7, 11) is 2.77. The van der Waals surface area contributed by atoms with Gasteiger partial charge in [-0.2, -0.15) is 0 Å². The summed E-state index contributed by atoms with van der Waals surface area (Å²) < 4.78 is 4.46. The molecule has 2 amide bonds. The number of unbranched alkanes of at least 4 members (excludes halogenated alkanes) is 1. The van der Waals surface area contributed by atoms with E-state index in [-0.39, 0.29) is 13.0 Å². The molecule has 0 rings (SSSR count). The zero-order valence-corrected chi connectivity index (χ0v) is 11.6. The average Bonchev–Trinajstić information content (AvgIpc) is 2.39. The Kier molecular flexibility index (Phi) is 8.32. The average molecular weight is 274 g/mol. The summed E-state index contributed by atoms with van der Waals surface area (Å²) in [6, 6.07) is -1.40. The van der Waals surface area contributed by atoms with Crippen LogP contribution in [-0.4, -0.2) is 54.7 Å². The molecule has 2 N–H and O–H groups in total. The lowest BCUT2D eigenvalue weighted by molar-refractivity contribution is -0.141. The van der Waals surface area contributed by atoms with Crippen LogP contribution < -0.4 is 5.32 Å². The first-order valence-corrected chi connectivity index (χ1v) is 6.23. The molecule has 0 radical (unpaired) electrons. The van der Waals surface area contributed by atoms with Crippen molar-refractivity contribution in [2.75, 3.05) is 20.7 Å². The first-order valence-electron chi connectivity index (χ1n) is 6.23. The molecule has 0 heterocycles. The number of aliphatic carboxylic acids is 1. The van der Waals surface area contributed by atoms with Gasteiger partial charge in [-0.05, 0) is 6.42 Å². The number of rotatable bonds is 8. The van der Waals surface area contributed by atoms with Crippen LogP contribution in [0.2, 0.25) is 0 Å². The first kappa shape index (κ1) is 17.2. The molecule has 0 saturated heterocycles. The van der Waals surface area contributed by atoms with Gasteiger partial charge in [0.15, 0.2) is 0 Å². The van der Waals surface area contributed by atoms with Gasteiger partial charge in [0.2, 0.25) is 0 Å². The Morgan fingerprint density at radius 3 is 2.47 bits per heavy atom. The van der Waals surface area contributed by atoms with Crippen molar-refractivity contribution in [1.29, 1.82) is 0 Å². The normalized spacial score (nSPS) is 11.5. The fourth-order valence-corrected chi connectivity index (χ4v) is 1.39. The number of ether oxygens (including phenoxy) is 1. The van der Waals surface area contributed by atoms with Crippen molar-refractivity contribution in [1.82, 2.24) is 10.2 Å². The predicted molar refractivity (Wildman–Crippen MR) is 68.7 cm³/mol. The van der Waals surface area contributed by atoms with E-state index in [1.807, 2.05) is 6.92 Å². The number of esters is 1. The molecule has 1 unspecified atom stereocenters. The van der Waals surface area contributed by atoms with E-state index in [1.54, 1.807) is 0 Å².